The maximum atomic E-state index is 12.6. The molecule has 0 bridgehead atoms. The van der Waals surface area contributed by atoms with Crippen LogP contribution >= 0.6 is 0 Å². The topological polar surface area (TPSA) is 42.0 Å². The van der Waals surface area contributed by atoms with Gasteiger partial charge >= 0.3 is 0 Å². The van der Waals surface area contributed by atoms with Crippen molar-refractivity contribution >= 4 is 5.91 Å². The molecule has 0 aliphatic carbocycles. The molecule has 1 saturated heterocycles. The summed E-state index contributed by atoms with van der Waals surface area (Å²) >= 11 is 0. The van der Waals surface area contributed by atoms with Crippen LogP contribution in [0, 0.1) is 11.8 Å². The van der Waals surface area contributed by atoms with Crippen molar-refractivity contribution in [3.05, 3.63) is 59.7 Å². The number of rotatable bonds is 6. The zero-order valence-corrected chi connectivity index (χ0v) is 18.1. The van der Waals surface area contributed by atoms with Gasteiger partial charge in [0.2, 0.25) is 0 Å². The van der Waals surface area contributed by atoms with Crippen LogP contribution in [-0.2, 0) is 11.2 Å². The molecule has 0 aromatic heterocycles. The van der Waals surface area contributed by atoms with Crippen molar-refractivity contribution in [3.63, 3.8) is 0 Å². The van der Waals surface area contributed by atoms with Gasteiger partial charge in [0.1, 0.15) is 0 Å². The molecule has 3 rings (SSSR count). The second-order valence-electron chi connectivity index (χ2n) is 7.58. The molecule has 5 heteroatoms. The molecule has 1 aliphatic rings. The second kappa shape index (κ2) is 10.7. The van der Waals surface area contributed by atoms with Gasteiger partial charge in [-0.3, -0.25) is 4.79 Å². The van der Waals surface area contributed by atoms with E-state index in [9.17, 15) is 4.79 Å². The van der Waals surface area contributed by atoms with Gasteiger partial charge in [-0.2, -0.15) is 0 Å². The highest BCUT2D eigenvalue weighted by Crippen LogP contribution is 2.28. The molecule has 0 saturated carbocycles. The van der Waals surface area contributed by atoms with Crippen molar-refractivity contribution < 1.29 is 14.3 Å². The van der Waals surface area contributed by atoms with Gasteiger partial charge in [-0.25, -0.2) is 0 Å². The maximum Gasteiger partial charge on any atom is 0.298 e. The Bertz CT molecular complexity index is 902. The monoisotopic (exact) mass is 406 g/mol. The second-order valence-corrected chi connectivity index (χ2v) is 7.58. The average molecular weight is 407 g/mol. The quantitative estimate of drug-likeness (QED) is 0.691. The van der Waals surface area contributed by atoms with E-state index in [1.807, 2.05) is 47.4 Å². The predicted octanol–water partition coefficient (Wildman–Crippen LogP) is 3.22. The van der Waals surface area contributed by atoms with Gasteiger partial charge in [0.15, 0.2) is 11.5 Å². The molecule has 1 heterocycles. The minimum Gasteiger partial charge on any atom is -0.493 e. The Balaban J connectivity index is 1.54. The lowest BCUT2D eigenvalue weighted by molar-refractivity contribution is -0.127. The molecule has 0 N–H and O–H groups in total. The summed E-state index contributed by atoms with van der Waals surface area (Å²) in [5, 5.41) is 0. The molecular weight excluding hydrogens is 376 g/mol. The lowest BCUT2D eigenvalue weighted by atomic mass is 10.0. The minimum absolute atomic E-state index is 0.0863. The predicted molar refractivity (Wildman–Crippen MR) is 119 cm³/mol. The number of piperidine rings is 1. The number of likely N-dealkylation sites (N-methyl/N-ethyl adjacent to an activating group) is 1. The van der Waals surface area contributed by atoms with Gasteiger partial charge in [0.05, 0.1) is 14.2 Å². The van der Waals surface area contributed by atoms with Gasteiger partial charge in [0.25, 0.3) is 5.91 Å². The lowest BCUT2D eigenvalue weighted by Crippen LogP contribution is -2.48. The Labute approximate surface area is 179 Å². The summed E-state index contributed by atoms with van der Waals surface area (Å²) < 4.78 is 10.7. The van der Waals surface area contributed by atoms with Crippen LogP contribution in [0.15, 0.2) is 48.5 Å². The van der Waals surface area contributed by atoms with Crippen molar-refractivity contribution in [2.24, 2.45) is 0 Å². The number of carbonyl (C=O) groups excluding carboxylic acids is 1. The standard InChI is InChI=1S/C25H30N2O3/c1-26(17-15-21-11-13-23(29-2)24(18-21)30-3)22-10-7-16-27(19-22)25(28)14-12-20-8-5-4-6-9-20/h4-6,8-9,11,13,18,22H,7,10,15-17,19H2,1-3H3. The van der Waals surface area contributed by atoms with Crippen molar-refractivity contribution in [1.29, 1.82) is 0 Å². The maximum absolute atomic E-state index is 12.6. The van der Waals surface area contributed by atoms with Crippen LogP contribution in [-0.4, -0.2) is 62.7 Å². The summed E-state index contributed by atoms with van der Waals surface area (Å²) in [6, 6.07) is 16.0. The first-order valence-corrected chi connectivity index (χ1v) is 10.4. The number of hydrogen-bond donors (Lipinski definition) is 0. The van der Waals surface area contributed by atoms with E-state index < -0.39 is 0 Å². The zero-order valence-electron chi connectivity index (χ0n) is 18.1. The molecule has 1 aliphatic heterocycles. The number of methoxy groups -OCH3 is 2. The molecule has 2 aromatic rings. The van der Waals surface area contributed by atoms with E-state index in [0.717, 1.165) is 56.0 Å². The van der Waals surface area contributed by atoms with E-state index in [4.69, 9.17) is 9.47 Å². The summed E-state index contributed by atoms with van der Waals surface area (Å²) in [5.41, 5.74) is 2.07. The minimum atomic E-state index is -0.0863. The van der Waals surface area contributed by atoms with Gasteiger partial charge in [-0.1, -0.05) is 30.2 Å². The Kier molecular flexibility index (Phi) is 7.75. The Morgan fingerprint density at radius 3 is 2.63 bits per heavy atom. The first-order chi connectivity index (χ1) is 14.6. The van der Waals surface area contributed by atoms with Crippen LogP contribution < -0.4 is 9.47 Å². The van der Waals surface area contributed by atoms with Crippen LogP contribution in [0.25, 0.3) is 0 Å². The van der Waals surface area contributed by atoms with Crippen LogP contribution in [0.1, 0.15) is 24.0 Å². The first kappa shape index (κ1) is 21.7. The molecule has 0 radical (unpaired) electrons. The fourth-order valence-electron chi connectivity index (χ4n) is 3.75. The van der Waals surface area contributed by atoms with Crippen molar-refractivity contribution in [2.75, 3.05) is 40.9 Å². The summed E-state index contributed by atoms with van der Waals surface area (Å²) in [6.45, 7) is 2.42. The van der Waals surface area contributed by atoms with E-state index in [1.54, 1.807) is 14.2 Å². The van der Waals surface area contributed by atoms with Gasteiger partial charge in [-0.15, -0.1) is 0 Å². The lowest BCUT2D eigenvalue weighted by Gasteiger charge is -2.37. The smallest absolute Gasteiger partial charge is 0.298 e. The first-order valence-electron chi connectivity index (χ1n) is 10.4. The molecule has 1 atom stereocenters. The molecule has 1 unspecified atom stereocenters. The Morgan fingerprint density at radius 2 is 1.90 bits per heavy atom. The molecule has 158 valence electrons. The largest absolute Gasteiger partial charge is 0.493 e. The third kappa shape index (κ3) is 5.77. The fraction of sp³-hybridized carbons (Fsp3) is 0.400. The summed E-state index contributed by atoms with van der Waals surface area (Å²) in [5.74, 6) is 7.19. The van der Waals surface area contributed by atoms with Gasteiger partial charge in [-0.05, 0) is 56.1 Å². The third-order valence-corrected chi connectivity index (χ3v) is 5.60. The molecule has 5 nitrogen and oxygen atoms in total. The number of ether oxygens (including phenoxy) is 2. The van der Waals surface area contributed by atoms with Gasteiger partial charge < -0.3 is 19.3 Å². The highest BCUT2D eigenvalue weighted by Gasteiger charge is 2.25. The van der Waals surface area contributed by atoms with Crippen molar-refractivity contribution in [2.45, 2.75) is 25.3 Å². The molecule has 30 heavy (non-hydrogen) atoms. The Morgan fingerprint density at radius 1 is 1.13 bits per heavy atom. The van der Waals surface area contributed by atoms with E-state index >= 15 is 0 Å². The normalized spacial score (nSPS) is 16.0. The average Bonchev–Trinajstić information content (AvgIpc) is 2.81. The SMILES string of the molecule is COc1ccc(CCN(C)C2CCCN(C(=O)C#Cc3ccccc3)C2)cc1OC. The number of carbonyl (C=O) groups is 1. The number of likely N-dealkylation sites (tertiary alicyclic amines) is 1. The van der Waals surface area contributed by atoms with Crippen LogP contribution in [0.2, 0.25) is 0 Å². The van der Waals surface area contributed by atoms with E-state index in [1.165, 1.54) is 5.56 Å². The molecule has 1 amide bonds. The summed E-state index contributed by atoms with van der Waals surface area (Å²) in [7, 11) is 5.43. The summed E-state index contributed by atoms with van der Waals surface area (Å²) in [6.07, 6.45) is 3.01. The van der Waals surface area contributed by atoms with Gasteiger partial charge in [0, 0.05) is 37.2 Å². The van der Waals surface area contributed by atoms with Crippen molar-refractivity contribution in [3.8, 4) is 23.3 Å². The van der Waals surface area contributed by atoms with Crippen LogP contribution in [0.4, 0.5) is 0 Å². The number of amides is 1. The van der Waals surface area contributed by atoms with Crippen LogP contribution in [0.3, 0.4) is 0 Å². The van der Waals surface area contributed by atoms with Crippen LogP contribution in [0.5, 0.6) is 11.5 Å². The Hall–Kier alpha value is -2.97. The summed E-state index contributed by atoms with van der Waals surface area (Å²) in [4.78, 5) is 16.8. The fourth-order valence-corrected chi connectivity index (χ4v) is 3.75. The van der Waals surface area contributed by atoms with E-state index in [0.29, 0.717) is 6.04 Å². The number of nitrogens with zero attached hydrogens (tertiary/aromatic N) is 2. The highest BCUT2D eigenvalue weighted by atomic mass is 16.5. The zero-order chi connectivity index (χ0) is 21.3. The van der Waals surface area contributed by atoms with E-state index in [-0.39, 0.29) is 5.91 Å². The number of benzene rings is 2. The molecule has 0 spiro atoms. The van der Waals surface area contributed by atoms with Crippen molar-refractivity contribution in [1.82, 2.24) is 9.80 Å². The molecular formula is C25H30N2O3. The molecule has 1 fully saturated rings. The third-order valence-electron chi connectivity index (χ3n) is 5.60. The highest BCUT2D eigenvalue weighted by molar-refractivity contribution is 5.94. The molecule has 2 aromatic carbocycles. The van der Waals surface area contributed by atoms with E-state index in [2.05, 4.69) is 29.9 Å². The number of hydrogen-bond acceptors (Lipinski definition) is 4.